The largest absolute Gasteiger partial charge is 0.496 e. The summed E-state index contributed by atoms with van der Waals surface area (Å²) < 4.78 is 6.53. The van der Waals surface area contributed by atoms with E-state index in [-0.39, 0.29) is 6.04 Å². The highest BCUT2D eigenvalue weighted by atomic mass is 79.9. The molecule has 1 atom stereocenters. The Morgan fingerprint density at radius 3 is 2.94 bits per heavy atom. The van der Waals surface area contributed by atoms with Crippen molar-refractivity contribution in [3.8, 4) is 0 Å². The molecule has 0 aliphatic carbocycles. The Labute approximate surface area is 103 Å². The summed E-state index contributed by atoms with van der Waals surface area (Å²) in [7, 11) is 0. The van der Waals surface area contributed by atoms with Crippen molar-refractivity contribution in [3.63, 3.8) is 0 Å². The summed E-state index contributed by atoms with van der Waals surface area (Å²) in [5.74, 6) is 6.42. The number of rotatable bonds is 3. The molecule has 1 unspecified atom stereocenters. The average Bonchev–Trinajstić information content (AvgIpc) is 2.34. The molecule has 0 radical (unpaired) electrons. The van der Waals surface area contributed by atoms with Gasteiger partial charge in [-0.3, -0.25) is 10.8 Å². The van der Waals surface area contributed by atoms with Gasteiger partial charge in [-0.15, -0.1) is 0 Å². The number of hydrogen-bond acceptors (Lipinski definition) is 4. The quantitative estimate of drug-likeness (QED) is 0.658. The van der Waals surface area contributed by atoms with Crippen LogP contribution < -0.4 is 11.3 Å². The Kier molecular flexibility index (Phi) is 3.93. The summed E-state index contributed by atoms with van der Waals surface area (Å²) in [6, 6.07) is 3.71. The van der Waals surface area contributed by atoms with Gasteiger partial charge in [0.25, 0.3) is 0 Å². The van der Waals surface area contributed by atoms with Crippen LogP contribution in [-0.4, -0.2) is 11.6 Å². The molecule has 1 aromatic rings. The number of hydrazine groups is 1. The predicted octanol–water partition coefficient (Wildman–Crippen LogP) is 2.04. The van der Waals surface area contributed by atoms with Gasteiger partial charge in [0.1, 0.15) is 11.8 Å². The minimum absolute atomic E-state index is 0.159. The Hall–Kier alpha value is -0.910. The van der Waals surface area contributed by atoms with E-state index in [1.54, 1.807) is 6.20 Å². The van der Waals surface area contributed by atoms with Gasteiger partial charge in [-0.1, -0.05) is 0 Å². The molecule has 4 nitrogen and oxygen atoms in total. The van der Waals surface area contributed by atoms with E-state index in [4.69, 9.17) is 10.6 Å². The monoisotopic (exact) mass is 283 g/mol. The first-order chi connectivity index (χ1) is 7.81. The topological polar surface area (TPSA) is 60.2 Å². The van der Waals surface area contributed by atoms with Crippen LogP contribution in [0.5, 0.6) is 0 Å². The van der Waals surface area contributed by atoms with Crippen molar-refractivity contribution in [1.82, 2.24) is 10.4 Å². The fraction of sp³-hybridized carbons (Fsp3) is 0.364. The summed E-state index contributed by atoms with van der Waals surface area (Å²) in [5, 5.41) is 0. The Bertz CT molecular complexity index is 377. The van der Waals surface area contributed by atoms with Crippen molar-refractivity contribution in [1.29, 1.82) is 0 Å². The van der Waals surface area contributed by atoms with Gasteiger partial charge in [-0.25, -0.2) is 5.43 Å². The van der Waals surface area contributed by atoms with E-state index in [1.165, 1.54) is 0 Å². The third-order valence-corrected chi connectivity index (χ3v) is 2.93. The lowest BCUT2D eigenvalue weighted by Gasteiger charge is -2.22. The number of nitrogens with one attached hydrogen (secondary N) is 1. The van der Waals surface area contributed by atoms with Gasteiger partial charge in [0.2, 0.25) is 0 Å². The summed E-state index contributed by atoms with van der Waals surface area (Å²) in [5.41, 5.74) is 3.60. The van der Waals surface area contributed by atoms with Crippen LogP contribution in [0.25, 0.3) is 0 Å². The Balaban J connectivity index is 2.21. The lowest BCUT2D eigenvalue weighted by Crippen LogP contribution is -2.31. The van der Waals surface area contributed by atoms with Crippen molar-refractivity contribution in [2.75, 3.05) is 6.61 Å². The molecule has 1 aromatic heterocycles. The molecule has 3 N–H and O–H groups in total. The fourth-order valence-corrected chi connectivity index (χ4v) is 1.88. The number of aromatic nitrogens is 1. The minimum atomic E-state index is -0.159. The second-order valence-electron chi connectivity index (χ2n) is 3.60. The van der Waals surface area contributed by atoms with Gasteiger partial charge in [0, 0.05) is 10.7 Å². The molecule has 0 amide bonds. The van der Waals surface area contributed by atoms with Gasteiger partial charge in [0.15, 0.2) is 0 Å². The van der Waals surface area contributed by atoms with Gasteiger partial charge < -0.3 is 4.74 Å². The number of hydrogen-bond donors (Lipinski definition) is 2. The zero-order chi connectivity index (χ0) is 11.4. The normalized spacial score (nSPS) is 17.5. The van der Waals surface area contributed by atoms with Crippen molar-refractivity contribution in [2.45, 2.75) is 18.9 Å². The van der Waals surface area contributed by atoms with Gasteiger partial charge >= 0.3 is 0 Å². The number of pyridine rings is 1. The highest BCUT2D eigenvalue weighted by Gasteiger charge is 2.19. The number of halogens is 1. The second kappa shape index (κ2) is 5.43. The van der Waals surface area contributed by atoms with Gasteiger partial charge in [-0.05, 0) is 47.0 Å². The number of nitrogens with zero attached hydrogens (tertiary/aromatic N) is 1. The number of nitrogens with two attached hydrogens (primary N) is 1. The molecular weight excluding hydrogens is 270 g/mol. The van der Waals surface area contributed by atoms with E-state index in [9.17, 15) is 0 Å². The highest BCUT2D eigenvalue weighted by molar-refractivity contribution is 9.10. The van der Waals surface area contributed by atoms with Crippen LogP contribution in [0.3, 0.4) is 0 Å². The van der Waals surface area contributed by atoms with Crippen molar-refractivity contribution < 1.29 is 4.74 Å². The van der Waals surface area contributed by atoms with Crippen LogP contribution in [-0.2, 0) is 4.74 Å². The highest BCUT2D eigenvalue weighted by Crippen LogP contribution is 2.24. The van der Waals surface area contributed by atoms with Crippen molar-refractivity contribution in [3.05, 3.63) is 40.3 Å². The van der Waals surface area contributed by atoms with Gasteiger partial charge in [0.05, 0.1) is 12.3 Å². The third-order valence-electron chi connectivity index (χ3n) is 2.46. The van der Waals surface area contributed by atoms with Crippen molar-refractivity contribution in [2.24, 2.45) is 5.84 Å². The minimum Gasteiger partial charge on any atom is -0.496 e. The van der Waals surface area contributed by atoms with Gasteiger partial charge in [-0.2, -0.15) is 0 Å². The molecule has 0 bridgehead atoms. The molecule has 2 rings (SSSR count). The summed E-state index contributed by atoms with van der Waals surface area (Å²) >= 11 is 3.35. The van der Waals surface area contributed by atoms with Crippen LogP contribution in [0.1, 0.15) is 24.6 Å². The average molecular weight is 284 g/mol. The lowest BCUT2D eigenvalue weighted by atomic mass is 10.1. The summed E-state index contributed by atoms with van der Waals surface area (Å²) in [4.78, 5) is 4.31. The van der Waals surface area contributed by atoms with Crippen LogP contribution in [0.2, 0.25) is 0 Å². The van der Waals surface area contributed by atoms with Crippen LogP contribution in [0, 0.1) is 0 Å². The first-order valence-electron chi connectivity index (χ1n) is 5.21. The zero-order valence-corrected chi connectivity index (χ0v) is 10.4. The van der Waals surface area contributed by atoms with Crippen LogP contribution in [0.15, 0.2) is 34.6 Å². The molecule has 1 aliphatic rings. The van der Waals surface area contributed by atoms with E-state index < -0.39 is 0 Å². The molecule has 1 aliphatic heterocycles. The molecule has 16 heavy (non-hydrogen) atoms. The molecule has 0 saturated heterocycles. The first-order valence-corrected chi connectivity index (χ1v) is 6.01. The molecule has 0 spiro atoms. The smallest absolute Gasteiger partial charge is 0.120 e. The number of allylic oxidation sites excluding steroid dienone is 1. The Morgan fingerprint density at radius 2 is 2.38 bits per heavy atom. The Morgan fingerprint density at radius 1 is 1.50 bits per heavy atom. The summed E-state index contributed by atoms with van der Waals surface area (Å²) in [6.45, 7) is 0.751. The summed E-state index contributed by atoms with van der Waals surface area (Å²) in [6.07, 6.45) is 5.92. The van der Waals surface area contributed by atoms with Crippen LogP contribution >= 0.6 is 15.9 Å². The SMILES string of the molecule is NNC(C1=CCCCO1)c1ccc(Br)cn1. The molecule has 0 saturated carbocycles. The first kappa shape index (κ1) is 11.6. The second-order valence-corrected chi connectivity index (χ2v) is 4.51. The molecule has 2 heterocycles. The standard InChI is InChI=1S/C11H14BrN3O/c12-8-4-5-9(14-7-8)11(15-13)10-3-1-2-6-16-10/h3-5,7,11,15H,1-2,6,13H2. The lowest BCUT2D eigenvalue weighted by molar-refractivity contribution is 0.167. The molecule has 86 valence electrons. The fourth-order valence-electron chi connectivity index (χ4n) is 1.65. The van der Waals surface area contributed by atoms with E-state index in [0.717, 1.165) is 35.4 Å². The molecule has 0 fully saturated rings. The number of ether oxygens (including phenoxy) is 1. The maximum atomic E-state index is 5.58. The van der Waals surface area contributed by atoms with E-state index in [2.05, 4.69) is 32.4 Å². The van der Waals surface area contributed by atoms with Crippen LogP contribution in [0.4, 0.5) is 0 Å². The molecular formula is C11H14BrN3O. The third kappa shape index (κ3) is 2.61. The molecule has 0 aromatic carbocycles. The maximum Gasteiger partial charge on any atom is 0.120 e. The van der Waals surface area contributed by atoms with E-state index in [0.29, 0.717) is 0 Å². The predicted molar refractivity (Wildman–Crippen MR) is 65.3 cm³/mol. The van der Waals surface area contributed by atoms with Crippen molar-refractivity contribution >= 4 is 15.9 Å². The maximum absolute atomic E-state index is 5.58. The van der Waals surface area contributed by atoms with E-state index in [1.807, 2.05) is 12.1 Å². The molecule has 5 heteroatoms. The van der Waals surface area contributed by atoms with E-state index >= 15 is 0 Å². The zero-order valence-electron chi connectivity index (χ0n) is 8.82.